The second kappa shape index (κ2) is 4.90. The Hall–Kier alpha value is -2.89. The van der Waals surface area contributed by atoms with Crippen LogP contribution in [-0.2, 0) is 7.05 Å². The lowest BCUT2D eigenvalue weighted by atomic mass is 10.2. The maximum atomic E-state index is 12.2. The molecule has 0 aliphatic carbocycles. The van der Waals surface area contributed by atoms with Crippen LogP contribution in [0.5, 0.6) is 0 Å². The lowest BCUT2D eigenvalue weighted by Gasteiger charge is -2.05. The van der Waals surface area contributed by atoms with Crippen molar-refractivity contribution in [2.75, 3.05) is 5.32 Å². The van der Waals surface area contributed by atoms with Crippen molar-refractivity contribution >= 4 is 22.7 Å². The third kappa shape index (κ3) is 2.43. The number of hydrogen-bond donors (Lipinski definition) is 1. The number of carbonyl (C=O) groups is 1. The molecule has 1 aromatic carbocycles. The van der Waals surface area contributed by atoms with Gasteiger partial charge in [0.2, 0.25) is 0 Å². The second-order valence-electron chi connectivity index (χ2n) is 4.75. The lowest BCUT2D eigenvalue weighted by molar-refractivity contribution is 0.102. The summed E-state index contributed by atoms with van der Waals surface area (Å²) in [7, 11) is 1.62. The van der Waals surface area contributed by atoms with Gasteiger partial charge in [-0.3, -0.25) is 14.3 Å². The van der Waals surface area contributed by atoms with Crippen LogP contribution in [-0.4, -0.2) is 15.5 Å². The Kier molecular flexibility index (Phi) is 3.06. The molecule has 0 aliphatic rings. The average Bonchev–Trinajstić information content (AvgIpc) is 2.73. The van der Waals surface area contributed by atoms with E-state index in [1.54, 1.807) is 43.6 Å². The van der Waals surface area contributed by atoms with Crippen LogP contribution < -0.4 is 11.1 Å². The minimum atomic E-state index is -0.452. The minimum absolute atomic E-state index is 0.269. The summed E-state index contributed by atoms with van der Waals surface area (Å²) in [5.41, 5.74) is 2.95. The first-order valence-corrected chi connectivity index (χ1v) is 6.38. The van der Waals surface area contributed by atoms with Gasteiger partial charge in [0.25, 0.3) is 5.91 Å². The van der Waals surface area contributed by atoms with Gasteiger partial charge in [0.05, 0.1) is 5.52 Å². The number of nitrogens with one attached hydrogen (secondary N) is 1. The molecule has 6 heteroatoms. The van der Waals surface area contributed by atoms with Crippen LogP contribution in [0.3, 0.4) is 0 Å². The summed E-state index contributed by atoms with van der Waals surface area (Å²) in [6.45, 7) is 1.85. The molecule has 0 radical (unpaired) electrons. The highest BCUT2D eigenvalue weighted by molar-refractivity contribution is 6.05. The van der Waals surface area contributed by atoms with Crippen molar-refractivity contribution in [3.05, 3.63) is 58.3 Å². The van der Waals surface area contributed by atoms with E-state index >= 15 is 0 Å². The van der Waals surface area contributed by atoms with Crippen molar-refractivity contribution in [1.29, 1.82) is 0 Å². The maximum absolute atomic E-state index is 12.2. The number of benzene rings is 1. The van der Waals surface area contributed by atoms with Gasteiger partial charge in [-0.05, 0) is 37.3 Å². The van der Waals surface area contributed by atoms with Crippen molar-refractivity contribution in [3.8, 4) is 0 Å². The molecule has 0 aliphatic heterocycles. The van der Waals surface area contributed by atoms with Crippen LogP contribution >= 0.6 is 0 Å². The van der Waals surface area contributed by atoms with E-state index in [-0.39, 0.29) is 5.91 Å². The van der Waals surface area contributed by atoms with Crippen LogP contribution in [0.15, 0.2) is 45.7 Å². The standard InChI is InChI=1S/C15H13N3O3/c1-9-7-11(5-6-16-9)17-14(19)10-3-4-12-13(8-10)21-15(20)18(12)2/h3-8H,1-2H3,(H,16,17,19). The van der Waals surface area contributed by atoms with E-state index in [0.717, 1.165) is 5.69 Å². The van der Waals surface area contributed by atoms with E-state index in [2.05, 4.69) is 10.3 Å². The van der Waals surface area contributed by atoms with Gasteiger partial charge in [-0.15, -0.1) is 0 Å². The summed E-state index contributed by atoms with van der Waals surface area (Å²) in [6, 6.07) is 8.39. The summed E-state index contributed by atoms with van der Waals surface area (Å²) in [5.74, 6) is -0.721. The second-order valence-corrected chi connectivity index (χ2v) is 4.75. The molecule has 1 N–H and O–H groups in total. The largest absolute Gasteiger partial charge is 0.419 e. The van der Waals surface area contributed by atoms with Gasteiger partial charge in [-0.1, -0.05) is 0 Å². The zero-order valence-electron chi connectivity index (χ0n) is 11.6. The Morgan fingerprint density at radius 1 is 1.29 bits per heavy atom. The quantitative estimate of drug-likeness (QED) is 0.781. The molecule has 1 amide bonds. The number of carbonyl (C=O) groups excluding carboxylic acids is 1. The molecule has 0 saturated carbocycles. The molecule has 106 valence electrons. The third-order valence-corrected chi connectivity index (χ3v) is 3.21. The van der Waals surface area contributed by atoms with Crippen molar-refractivity contribution in [1.82, 2.24) is 9.55 Å². The van der Waals surface area contributed by atoms with E-state index in [1.165, 1.54) is 4.57 Å². The summed E-state index contributed by atoms with van der Waals surface area (Å²) < 4.78 is 6.47. The first-order chi connectivity index (χ1) is 10.0. The van der Waals surface area contributed by atoms with Crippen LogP contribution in [0.2, 0.25) is 0 Å². The number of fused-ring (bicyclic) bond motifs is 1. The number of aryl methyl sites for hydroxylation is 2. The molecular formula is C15H13N3O3. The van der Waals surface area contributed by atoms with E-state index < -0.39 is 5.76 Å². The Morgan fingerprint density at radius 2 is 2.10 bits per heavy atom. The van der Waals surface area contributed by atoms with Crippen LogP contribution in [0.4, 0.5) is 5.69 Å². The van der Waals surface area contributed by atoms with E-state index in [4.69, 9.17) is 4.42 Å². The van der Waals surface area contributed by atoms with Gasteiger partial charge in [0, 0.05) is 30.2 Å². The first-order valence-electron chi connectivity index (χ1n) is 6.38. The predicted octanol–water partition coefficient (Wildman–Crippen LogP) is 2.09. The molecule has 3 aromatic rings. The highest BCUT2D eigenvalue weighted by Gasteiger charge is 2.11. The fourth-order valence-corrected chi connectivity index (χ4v) is 2.10. The summed E-state index contributed by atoms with van der Waals surface area (Å²) in [4.78, 5) is 27.7. The molecule has 6 nitrogen and oxygen atoms in total. The Balaban J connectivity index is 1.93. The van der Waals surface area contributed by atoms with Crippen molar-refractivity contribution in [2.45, 2.75) is 6.92 Å². The summed E-state index contributed by atoms with van der Waals surface area (Å²) >= 11 is 0. The fraction of sp³-hybridized carbons (Fsp3) is 0.133. The number of nitrogens with zero attached hydrogens (tertiary/aromatic N) is 2. The molecule has 0 fully saturated rings. The zero-order valence-corrected chi connectivity index (χ0v) is 11.6. The van der Waals surface area contributed by atoms with Crippen molar-refractivity contribution in [2.24, 2.45) is 7.05 Å². The van der Waals surface area contributed by atoms with E-state index in [9.17, 15) is 9.59 Å². The monoisotopic (exact) mass is 283 g/mol. The topological polar surface area (TPSA) is 77.1 Å². The minimum Gasteiger partial charge on any atom is -0.408 e. The molecule has 0 saturated heterocycles. The molecule has 2 heterocycles. The number of anilines is 1. The highest BCUT2D eigenvalue weighted by Crippen LogP contribution is 2.16. The molecule has 3 rings (SSSR count). The first kappa shape index (κ1) is 13.1. The van der Waals surface area contributed by atoms with Gasteiger partial charge in [0.15, 0.2) is 5.58 Å². The zero-order chi connectivity index (χ0) is 15.0. The van der Waals surface area contributed by atoms with E-state index in [0.29, 0.717) is 22.4 Å². The van der Waals surface area contributed by atoms with Gasteiger partial charge in [-0.25, -0.2) is 4.79 Å². The molecular weight excluding hydrogens is 270 g/mol. The maximum Gasteiger partial charge on any atom is 0.419 e. The fourth-order valence-electron chi connectivity index (χ4n) is 2.10. The number of hydrogen-bond acceptors (Lipinski definition) is 4. The molecule has 0 spiro atoms. The van der Waals surface area contributed by atoms with Crippen LogP contribution in [0.1, 0.15) is 16.1 Å². The Labute approximate surface area is 120 Å². The van der Waals surface area contributed by atoms with Crippen LogP contribution in [0.25, 0.3) is 11.1 Å². The van der Waals surface area contributed by atoms with Crippen molar-refractivity contribution in [3.63, 3.8) is 0 Å². The summed E-state index contributed by atoms with van der Waals surface area (Å²) in [5, 5.41) is 2.78. The Bertz CT molecular complexity index is 893. The molecule has 0 bridgehead atoms. The number of aromatic nitrogens is 2. The molecule has 0 unspecified atom stereocenters. The predicted molar refractivity (Wildman–Crippen MR) is 78.4 cm³/mol. The highest BCUT2D eigenvalue weighted by atomic mass is 16.4. The molecule has 2 aromatic heterocycles. The smallest absolute Gasteiger partial charge is 0.408 e. The van der Waals surface area contributed by atoms with Gasteiger partial charge < -0.3 is 9.73 Å². The van der Waals surface area contributed by atoms with Crippen LogP contribution in [0, 0.1) is 6.92 Å². The number of pyridine rings is 1. The Morgan fingerprint density at radius 3 is 2.86 bits per heavy atom. The van der Waals surface area contributed by atoms with E-state index in [1.807, 2.05) is 6.92 Å². The van der Waals surface area contributed by atoms with Crippen molar-refractivity contribution < 1.29 is 9.21 Å². The van der Waals surface area contributed by atoms with Gasteiger partial charge in [-0.2, -0.15) is 0 Å². The third-order valence-electron chi connectivity index (χ3n) is 3.21. The molecule has 0 atom stereocenters. The van der Waals surface area contributed by atoms with Gasteiger partial charge in [0.1, 0.15) is 0 Å². The number of rotatable bonds is 2. The normalized spacial score (nSPS) is 10.8. The SMILES string of the molecule is Cc1cc(NC(=O)c2ccc3c(c2)oc(=O)n3C)ccn1. The summed E-state index contributed by atoms with van der Waals surface area (Å²) in [6.07, 6.45) is 1.63. The van der Waals surface area contributed by atoms with Gasteiger partial charge >= 0.3 is 5.76 Å². The average molecular weight is 283 g/mol. The number of oxazole rings is 1. The molecule has 21 heavy (non-hydrogen) atoms. The lowest BCUT2D eigenvalue weighted by Crippen LogP contribution is -2.12. The number of amides is 1.